The van der Waals surface area contributed by atoms with Crippen molar-refractivity contribution in [3.8, 4) is 5.82 Å². The van der Waals surface area contributed by atoms with Crippen molar-refractivity contribution in [2.45, 2.75) is 31.0 Å². The van der Waals surface area contributed by atoms with Crippen molar-refractivity contribution in [1.82, 2.24) is 24.6 Å². The van der Waals surface area contributed by atoms with Crippen molar-refractivity contribution >= 4 is 29.3 Å². The fourth-order valence-electron chi connectivity index (χ4n) is 3.28. The Balaban J connectivity index is 1.44. The van der Waals surface area contributed by atoms with Gasteiger partial charge in [-0.15, -0.1) is 10.2 Å². The first-order chi connectivity index (χ1) is 15.1. The van der Waals surface area contributed by atoms with E-state index in [2.05, 4.69) is 20.5 Å². The highest BCUT2D eigenvalue weighted by Crippen LogP contribution is 2.23. The van der Waals surface area contributed by atoms with Gasteiger partial charge in [-0.3, -0.25) is 14.2 Å². The van der Waals surface area contributed by atoms with Gasteiger partial charge in [-0.2, -0.15) is 0 Å². The van der Waals surface area contributed by atoms with Crippen molar-refractivity contribution in [2.75, 3.05) is 17.6 Å². The maximum atomic E-state index is 13.3. The van der Waals surface area contributed by atoms with E-state index in [9.17, 15) is 14.0 Å². The summed E-state index contributed by atoms with van der Waals surface area (Å²) in [6.07, 6.45) is 3.30. The summed E-state index contributed by atoms with van der Waals surface area (Å²) in [5.74, 6) is 1.22. The third-order valence-corrected chi connectivity index (χ3v) is 5.68. The summed E-state index contributed by atoms with van der Waals surface area (Å²) in [5, 5.41) is 11.8. The molecule has 1 aromatic carbocycles. The highest BCUT2D eigenvalue weighted by molar-refractivity contribution is 7.99. The monoisotopic (exact) mass is 440 g/mol. The number of benzene rings is 1. The van der Waals surface area contributed by atoms with E-state index in [1.807, 2.05) is 22.8 Å². The Bertz CT molecular complexity index is 1070. The first-order valence-electron chi connectivity index (χ1n) is 9.92. The van der Waals surface area contributed by atoms with Crippen molar-refractivity contribution in [3.05, 3.63) is 60.3 Å². The minimum absolute atomic E-state index is 0.110. The Morgan fingerprint density at radius 1 is 1.19 bits per heavy atom. The summed E-state index contributed by atoms with van der Waals surface area (Å²) in [7, 11) is 0. The molecule has 4 rings (SSSR count). The number of rotatable bonds is 8. The predicted octanol–water partition coefficient (Wildman–Crippen LogP) is 3.04. The number of hydrogen-bond donors (Lipinski definition) is 1. The Morgan fingerprint density at radius 3 is 2.84 bits per heavy atom. The number of carbonyl (C=O) groups is 2. The zero-order chi connectivity index (χ0) is 21.6. The third-order valence-electron chi connectivity index (χ3n) is 4.75. The van der Waals surface area contributed by atoms with Crippen LogP contribution in [0.1, 0.15) is 25.1 Å². The molecule has 0 aliphatic carbocycles. The van der Waals surface area contributed by atoms with Crippen LogP contribution < -0.4 is 5.32 Å². The van der Waals surface area contributed by atoms with Gasteiger partial charge in [-0.05, 0) is 36.8 Å². The highest BCUT2D eigenvalue weighted by Gasteiger charge is 2.24. The lowest BCUT2D eigenvalue weighted by atomic mass is 10.3. The summed E-state index contributed by atoms with van der Waals surface area (Å²) in [4.78, 5) is 30.4. The van der Waals surface area contributed by atoms with Crippen LogP contribution >= 0.6 is 11.8 Å². The number of likely N-dealkylation sites (tertiary alicyclic amines) is 1. The molecule has 1 aliphatic rings. The quantitative estimate of drug-likeness (QED) is 0.541. The van der Waals surface area contributed by atoms with Gasteiger partial charge in [0, 0.05) is 37.0 Å². The van der Waals surface area contributed by atoms with Crippen LogP contribution in [0.5, 0.6) is 0 Å². The zero-order valence-electron chi connectivity index (χ0n) is 16.7. The van der Waals surface area contributed by atoms with Crippen LogP contribution in [0.2, 0.25) is 0 Å². The van der Waals surface area contributed by atoms with Crippen LogP contribution in [0.15, 0.2) is 53.8 Å². The van der Waals surface area contributed by atoms with E-state index in [1.165, 1.54) is 23.9 Å². The van der Waals surface area contributed by atoms with Crippen LogP contribution in [0.3, 0.4) is 0 Å². The maximum Gasteiger partial charge on any atom is 0.225 e. The van der Waals surface area contributed by atoms with Crippen molar-refractivity contribution in [3.63, 3.8) is 0 Å². The predicted molar refractivity (Wildman–Crippen MR) is 114 cm³/mol. The lowest BCUT2D eigenvalue weighted by molar-refractivity contribution is -0.128. The standard InChI is InChI=1S/C21H21FN6O2S/c22-15-5-3-6-16(13-15)24-19(29)9-12-31-21-26-25-18(14-27-11-4-8-20(27)30)28(21)17-7-1-2-10-23-17/h1-3,5-7,10,13H,4,8-9,11-12,14H2,(H,24,29). The lowest BCUT2D eigenvalue weighted by Gasteiger charge is -2.16. The molecule has 2 aromatic heterocycles. The van der Waals surface area contributed by atoms with Crippen LogP contribution in [0.25, 0.3) is 5.82 Å². The number of nitrogens with one attached hydrogen (secondary N) is 1. The molecule has 31 heavy (non-hydrogen) atoms. The summed E-state index contributed by atoms with van der Waals surface area (Å²) in [6, 6.07) is 11.3. The first kappa shape index (κ1) is 21.0. The fraction of sp³-hybridized carbons (Fsp3) is 0.286. The average Bonchev–Trinajstić information content (AvgIpc) is 3.35. The van der Waals surface area contributed by atoms with E-state index in [4.69, 9.17) is 0 Å². The number of thioether (sulfide) groups is 1. The largest absolute Gasteiger partial charge is 0.335 e. The molecule has 10 heteroatoms. The molecule has 3 aromatic rings. The minimum Gasteiger partial charge on any atom is -0.335 e. The molecule has 1 N–H and O–H groups in total. The molecule has 1 fully saturated rings. The van der Waals surface area contributed by atoms with Gasteiger partial charge in [-0.25, -0.2) is 9.37 Å². The van der Waals surface area contributed by atoms with Gasteiger partial charge in [0.2, 0.25) is 11.8 Å². The number of anilines is 1. The van der Waals surface area contributed by atoms with Gasteiger partial charge in [0.25, 0.3) is 0 Å². The van der Waals surface area contributed by atoms with Gasteiger partial charge >= 0.3 is 0 Å². The van der Waals surface area contributed by atoms with Gasteiger partial charge in [0.1, 0.15) is 11.6 Å². The maximum absolute atomic E-state index is 13.3. The average molecular weight is 441 g/mol. The van der Waals surface area contributed by atoms with E-state index < -0.39 is 5.82 Å². The summed E-state index contributed by atoms with van der Waals surface area (Å²) in [5.41, 5.74) is 0.421. The molecule has 3 heterocycles. The van der Waals surface area contributed by atoms with Gasteiger partial charge in [0.05, 0.1) is 6.54 Å². The molecule has 0 radical (unpaired) electrons. The number of pyridine rings is 1. The molecule has 1 saturated heterocycles. The van der Waals surface area contributed by atoms with Crippen molar-refractivity contribution < 1.29 is 14.0 Å². The minimum atomic E-state index is -0.403. The van der Waals surface area contributed by atoms with Gasteiger partial charge in [-0.1, -0.05) is 23.9 Å². The summed E-state index contributed by atoms with van der Waals surface area (Å²) in [6.45, 7) is 1.07. The number of aromatic nitrogens is 4. The normalized spacial score (nSPS) is 13.6. The molecule has 0 bridgehead atoms. The van der Waals surface area contributed by atoms with Gasteiger partial charge in [0.15, 0.2) is 11.0 Å². The first-order valence-corrected chi connectivity index (χ1v) is 10.9. The Kier molecular flexibility index (Phi) is 6.56. The Morgan fingerprint density at radius 2 is 2.10 bits per heavy atom. The van der Waals surface area contributed by atoms with Crippen LogP contribution in [-0.2, 0) is 16.1 Å². The lowest BCUT2D eigenvalue weighted by Crippen LogP contribution is -2.25. The number of halogens is 1. The van der Waals surface area contributed by atoms with Crippen molar-refractivity contribution in [1.29, 1.82) is 0 Å². The van der Waals surface area contributed by atoms with E-state index in [0.29, 0.717) is 47.7 Å². The van der Waals surface area contributed by atoms with E-state index in [-0.39, 0.29) is 18.2 Å². The van der Waals surface area contributed by atoms with Crippen LogP contribution in [-0.4, -0.2) is 48.8 Å². The molecular formula is C21H21FN6O2S. The molecule has 8 nitrogen and oxygen atoms in total. The molecule has 0 atom stereocenters. The Labute approximate surface area is 182 Å². The Hall–Kier alpha value is -3.27. The summed E-state index contributed by atoms with van der Waals surface area (Å²) < 4.78 is 15.1. The van der Waals surface area contributed by atoms with E-state index >= 15 is 0 Å². The molecular weight excluding hydrogens is 419 g/mol. The third kappa shape index (κ3) is 5.26. The van der Waals surface area contributed by atoms with Gasteiger partial charge < -0.3 is 10.2 Å². The topological polar surface area (TPSA) is 93.0 Å². The molecule has 2 amide bonds. The molecule has 1 aliphatic heterocycles. The molecule has 0 saturated carbocycles. The second-order valence-corrected chi connectivity index (χ2v) is 8.06. The second-order valence-electron chi connectivity index (χ2n) is 7.00. The van der Waals surface area contributed by atoms with E-state index in [0.717, 1.165) is 6.42 Å². The highest BCUT2D eigenvalue weighted by atomic mass is 32.2. The fourth-order valence-corrected chi connectivity index (χ4v) is 4.18. The van der Waals surface area contributed by atoms with Crippen LogP contribution in [0, 0.1) is 5.82 Å². The van der Waals surface area contributed by atoms with Crippen LogP contribution in [0.4, 0.5) is 10.1 Å². The summed E-state index contributed by atoms with van der Waals surface area (Å²) >= 11 is 1.37. The number of carbonyl (C=O) groups excluding carboxylic acids is 2. The van der Waals surface area contributed by atoms with E-state index in [1.54, 1.807) is 23.2 Å². The zero-order valence-corrected chi connectivity index (χ0v) is 17.5. The SMILES string of the molecule is O=C(CCSc1nnc(CN2CCCC2=O)n1-c1ccccn1)Nc1cccc(F)c1. The number of amides is 2. The second kappa shape index (κ2) is 9.69. The number of hydrogen-bond acceptors (Lipinski definition) is 6. The molecule has 0 spiro atoms. The molecule has 0 unspecified atom stereocenters. The smallest absolute Gasteiger partial charge is 0.225 e. The molecule has 160 valence electrons. The number of nitrogens with zero attached hydrogens (tertiary/aromatic N) is 5. The van der Waals surface area contributed by atoms with Crippen molar-refractivity contribution in [2.24, 2.45) is 0 Å².